The molecular formula is C11H16N2O4. The summed E-state index contributed by atoms with van der Waals surface area (Å²) in [6.07, 6.45) is 1.85. The van der Waals surface area contributed by atoms with Gasteiger partial charge in [0, 0.05) is 23.5 Å². The molecule has 6 heteroatoms. The van der Waals surface area contributed by atoms with E-state index in [0.717, 1.165) is 12.2 Å². The van der Waals surface area contributed by atoms with Crippen molar-refractivity contribution in [2.45, 2.75) is 20.3 Å². The highest BCUT2D eigenvalue weighted by Crippen LogP contribution is 1.94. The van der Waals surface area contributed by atoms with Gasteiger partial charge in [0.2, 0.25) is 0 Å². The van der Waals surface area contributed by atoms with Gasteiger partial charge in [-0.15, -0.1) is 0 Å². The van der Waals surface area contributed by atoms with Crippen LogP contribution in [0, 0.1) is 0 Å². The Hall–Kier alpha value is -2.11. The van der Waals surface area contributed by atoms with Crippen molar-refractivity contribution >= 4 is 17.5 Å². The highest BCUT2D eigenvalue weighted by molar-refractivity contribution is 6.02. The Bertz CT molecular complexity index is 375. The first-order valence-electron chi connectivity index (χ1n) is 4.90. The van der Waals surface area contributed by atoms with Crippen molar-refractivity contribution in [1.82, 2.24) is 0 Å². The van der Waals surface area contributed by atoms with Gasteiger partial charge >= 0.3 is 5.97 Å². The summed E-state index contributed by atoms with van der Waals surface area (Å²) in [6.45, 7) is 2.64. The third-order valence-electron chi connectivity index (χ3n) is 1.47. The summed E-state index contributed by atoms with van der Waals surface area (Å²) >= 11 is 0. The first kappa shape index (κ1) is 14.9. The van der Waals surface area contributed by atoms with E-state index in [-0.39, 0.29) is 0 Å². The number of esters is 1. The number of nitrogens with two attached hydrogens (primary N) is 2. The summed E-state index contributed by atoms with van der Waals surface area (Å²) in [6, 6.07) is 0. The number of carbonyl (C=O) groups is 3. The van der Waals surface area contributed by atoms with Crippen LogP contribution in [-0.2, 0) is 19.1 Å². The van der Waals surface area contributed by atoms with E-state index in [1.807, 2.05) is 0 Å². The maximum atomic E-state index is 11.1. The molecule has 0 radical (unpaired) electrons. The zero-order valence-corrected chi connectivity index (χ0v) is 9.86. The van der Waals surface area contributed by atoms with Gasteiger partial charge in [0.05, 0.1) is 0 Å². The Kier molecular flexibility index (Phi) is 6.32. The maximum absolute atomic E-state index is 11.1. The Morgan fingerprint density at radius 1 is 1.00 bits per heavy atom. The lowest BCUT2D eigenvalue weighted by Crippen LogP contribution is -2.16. The highest BCUT2D eigenvalue weighted by atomic mass is 16.5. The smallest absolute Gasteiger partial charge is 0.314 e. The molecule has 0 aromatic heterocycles. The molecule has 0 unspecified atom stereocenters. The first-order valence-corrected chi connectivity index (χ1v) is 4.90. The van der Waals surface area contributed by atoms with Crippen molar-refractivity contribution < 1.29 is 19.1 Å². The average molecular weight is 240 g/mol. The lowest BCUT2D eigenvalue weighted by atomic mass is 10.2. The van der Waals surface area contributed by atoms with Crippen molar-refractivity contribution in [3.8, 4) is 0 Å². The quantitative estimate of drug-likeness (QED) is 0.377. The number of allylic oxidation sites excluding steroid dienone is 3. The minimum absolute atomic E-state index is 0.306. The molecule has 0 fully saturated rings. The fourth-order valence-electron chi connectivity index (χ4n) is 0.945. The number of rotatable bonds is 6. The van der Waals surface area contributed by atoms with Crippen LogP contribution in [-0.4, -0.2) is 24.1 Å². The van der Waals surface area contributed by atoms with Gasteiger partial charge in [0.1, 0.15) is 6.42 Å². The van der Waals surface area contributed by atoms with Gasteiger partial charge in [-0.2, -0.15) is 0 Å². The van der Waals surface area contributed by atoms with Gasteiger partial charge < -0.3 is 16.2 Å². The van der Waals surface area contributed by atoms with Crippen molar-refractivity contribution in [3.63, 3.8) is 0 Å². The zero-order chi connectivity index (χ0) is 13.4. The Labute approximate surface area is 99.3 Å². The summed E-state index contributed by atoms with van der Waals surface area (Å²) < 4.78 is 4.58. The fourth-order valence-corrected chi connectivity index (χ4v) is 0.945. The lowest BCUT2D eigenvalue weighted by Gasteiger charge is -2.00. The van der Waals surface area contributed by atoms with Gasteiger partial charge in [-0.05, 0) is 13.8 Å². The van der Waals surface area contributed by atoms with Crippen LogP contribution in [0.3, 0.4) is 0 Å². The summed E-state index contributed by atoms with van der Waals surface area (Å²) in [4.78, 5) is 33.3. The van der Waals surface area contributed by atoms with Crippen LogP contribution in [0.1, 0.15) is 20.3 Å². The second-order valence-corrected chi connectivity index (χ2v) is 3.55. The van der Waals surface area contributed by atoms with E-state index < -0.39 is 30.6 Å². The second-order valence-electron chi connectivity index (χ2n) is 3.55. The van der Waals surface area contributed by atoms with Crippen molar-refractivity contribution in [2.75, 3.05) is 6.61 Å². The van der Waals surface area contributed by atoms with Gasteiger partial charge in [-0.3, -0.25) is 14.4 Å². The van der Waals surface area contributed by atoms with E-state index in [0.29, 0.717) is 11.4 Å². The Morgan fingerprint density at radius 3 is 1.94 bits per heavy atom. The van der Waals surface area contributed by atoms with Crippen LogP contribution in [0.4, 0.5) is 0 Å². The second kappa shape index (κ2) is 7.21. The lowest BCUT2D eigenvalue weighted by molar-refractivity contribution is -0.148. The van der Waals surface area contributed by atoms with Gasteiger partial charge in [-0.25, -0.2) is 0 Å². The normalized spacial score (nSPS) is 12.1. The number of ether oxygens (including phenoxy) is 1. The number of ketones is 2. The Balaban J connectivity index is 4.05. The van der Waals surface area contributed by atoms with Gasteiger partial charge in [0.25, 0.3) is 0 Å². The van der Waals surface area contributed by atoms with Gasteiger partial charge in [-0.1, -0.05) is 0 Å². The molecule has 0 aliphatic carbocycles. The Morgan fingerprint density at radius 2 is 1.47 bits per heavy atom. The molecule has 0 amide bonds. The SMILES string of the molecule is CC(N)=CC(=O)COC(=O)CC(=O)C=C(C)N. The molecule has 0 aliphatic heterocycles. The average Bonchev–Trinajstić information content (AvgIpc) is 2.12. The summed E-state index contributed by atoms with van der Waals surface area (Å²) in [5, 5.41) is 0. The molecule has 0 rings (SSSR count). The van der Waals surface area contributed by atoms with Crippen LogP contribution in [0.15, 0.2) is 23.5 Å². The molecule has 17 heavy (non-hydrogen) atoms. The van der Waals surface area contributed by atoms with Crippen molar-refractivity contribution in [1.29, 1.82) is 0 Å². The molecule has 0 bridgehead atoms. The predicted octanol–water partition coefficient (Wildman–Crippen LogP) is -0.217. The van der Waals surface area contributed by atoms with Crippen molar-refractivity contribution in [3.05, 3.63) is 23.5 Å². The summed E-state index contributed by atoms with van der Waals surface area (Å²) in [5.41, 5.74) is 11.1. The largest absolute Gasteiger partial charge is 0.457 e. The summed E-state index contributed by atoms with van der Waals surface area (Å²) in [5.74, 6) is -1.67. The van der Waals surface area contributed by atoms with E-state index in [2.05, 4.69) is 4.74 Å². The molecule has 0 aromatic carbocycles. The van der Waals surface area contributed by atoms with E-state index >= 15 is 0 Å². The zero-order valence-electron chi connectivity index (χ0n) is 9.86. The minimum Gasteiger partial charge on any atom is -0.457 e. The molecule has 0 aromatic rings. The topological polar surface area (TPSA) is 112 Å². The third kappa shape index (κ3) is 8.86. The summed E-state index contributed by atoms with van der Waals surface area (Å²) in [7, 11) is 0. The molecule has 0 aliphatic rings. The fraction of sp³-hybridized carbons (Fsp3) is 0.364. The molecule has 0 heterocycles. The predicted molar refractivity (Wildman–Crippen MR) is 61.5 cm³/mol. The highest BCUT2D eigenvalue weighted by Gasteiger charge is 2.10. The minimum atomic E-state index is -0.774. The monoisotopic (exact) mass is 240 g/mol. The van der Waals surface area contributed by atoms with E-state index in [4.69, 9.17) is 11.5 Å². The third-order valence-corrected chi connectivity index (χ3v) is 1.47. The molecule has 4 N–H and O–H groups in total. The number of hydrogen-bond donors (Lipinski definition) is 2. The maximum Gasteiger partial charge on any atom is 0.314 e. The van der Waals surface area contributed by atoms with E-state index in [9.17, 15) is 14.4 Å². The van der Waals surface area contributed by atoms with Crippen LogP contribution < -0.4 is 11.5 Å². The van der Waals surface area contributed by atoms with Crippen LogP contribution in [0.25, 0.3) is 0 Å². The van der Waals surface area contributed by atoms with Crippen LogP contribution in [0.5, 0.6) is 0 Å². The standard InChI is InChI=1S/C11H16N2O4/c1-7(12)3-9(14)5-11(16)17-6-10(15)4-8(2)13/h3-4H,5-6,12-13H2,1-2H3. The molecule has 94 valence electrons. The molecule has 6 nitrogen and oxygen atoms in total. The molecule has 0 atom stereocenters. The van der Waals surface area contributed by atoms with Crippen molar-refractivity contribution in [2.24, 2.45) is 11.5 Å². The van der Waals surface area contributed by atoms with Crippen LogP contribution in [0.2, 0.25) is 0 Å². The van der Waals surface area contributed by atoms with Gasteiger partial charge in [0.15, 0.2) is 18.2 Å². The van der Waals surface area contributed by atoms with Crippen LogP contribution >= 0.6 is 0 Å². The number of carbonyl (C=O) groups excluding carboxylic acids is 3. The molecule has 0 saturated carbocycles. The number of hydrogen-bond acceptors (Lipinski definition) is 6. The molecule has 0 spiro atoms. The van der Waals surface area contributed by atoms with E-state index in [1.165, 1.54) is 13.8 Å². The molecule has 0 saturated heterocycles. The first-order chi connectivity index (χ1) is 7.81. The van der Waals surface area contributed by atoms with E-state index in [1.54, 1.807) is 0 Å². The molecular weight excluding hydrogens is 224 g/mol.